The van der Waals surface area contributed by atoms with Gasteiger partial charge >= 0.3 is 5.97 Å². The normalized spacial score (nSPS) is 23.7. The van der Waals surface area contributed by atoms with E-state index >= 15 is 0 Å². The zero-order chi connectivity index (χ0) is 21.3. The number of methoxy groups -OCH3 is 1. The molecule has 2 aliphatic rings. The first-order valence-corrected chi connectivity index (χ1v) is 11.6. The zero-order valence-electron chi connectivity index (χ0n) is 18.2. The van der Waals surface area contributed by atoms with Gasteiger partial charge in [0.25, 0.3) is 0 Å². The molecule has 0 saturated heterocycles. The van der Waals surface area contributed by atoms with Crippen molar-refractivity contribution in [2.75, 3.05) is 7.11 Å². The second-order valence-corrected chi connectivity index (χ2v) is 8.90. The average molecular weight is 413 g/mol. The summed E-state index contributed by atoms with van der Waals surface area (Å²) in [5.74, 6) is 0.862. The van der Waals surface area contributed by atoms with E-state index in [1.165, 1.54) is 31.9 Å². The number of esters is 1. The van der Waals surface area contributed by atoms with E-state index in [4.69, 9.17) is 0 Å². The van der Waals surface area contributed by atoms with Gasteiger partial charge in [0, 0.05) is 18.8 Å². The topological polar surface area (TPSA) is 63.6 Å². The molecule has 0 heterocycles. The summed E-state index contributed by atoms with van der Waals surface area (Å²) < 4.78 is 4.65. The molecule has 1 unspecified atom stereocenters. The molecule has 2 saturated carbocycles. The van der Waals surface area contributed by atoms with Gasteiger partial charge in [0.1, 0.15) is 5.78 Å². The van der Waals surface area contributed by atoms with Crippen molar-refractivity contribution >= 4 is 11.8 Å². The van der Waals surface area contributed by atoms with Crippen molar-refractivity contribution < 1.29 is 19.4 Å². The highest BCUT2D eigenvalue weighted by molar-refractivity contribution is 5.84. The lowest BCUT2D eigenvalue weighted by molar-refractivity contribution is -0.140. The number of hydrogen-bond donors (Lipinski definition) is 1. The molecular formula is C26H36O4. The predicted octanol–water partition coefficient (Wildman–Crippen LogP) is 5.65. The third kappa shape index (κ3) is 6.04. The number of carbonyl (C=O) groups excluding carboxylic acids is 2. The third-order valence-electron chi connectivity index (χ3n) is 6.94. The minimum absolute atomic E-state index is 0.0379. The number of Topliss-reactive ketones (excluding diaryl/α,β-unsaturated/α-hetero) is 1. The summed E-state index contributed by atoms with van der Waals surface area (Å²) in [6.07, 6.45) is 14.1. The third-order valence-corrected chi connectivity index (χ3v) is 6.94. The van der Waals surface area contributed by atoms with Crippen molar-refractivity contribution in [3.63, 3.8) is 0 Å². The predicted molar refractivity (Wildman–Crippen MR) is 118 cm³/mol. The molecule has 0 radical (unpaired) electrons. The van der Waals surface area contributed by atoms with Crippen molar-refractivity contribution in [3.05, 3.63) is 47.5 Å². The van der Waals surface area contributed by atoms with Crippen LogP contribution in [0.1, 0.15) is 93.8 Å². The van der Waals surface area contributed by atoms with Crippen molar-refractivity contribution in [1.82, 2.24) is 0 Å². The van der Waals surface area contributed by atoms with Crippen molar-refractivity contribution in [1.29, 1.82) is 0 Å². The van der Waals surface area contributed by atoms with E-state index in [0.29, 0.717) is 24.5 Å². The lowest BCUT2D eigenvalue weighted by Crippen LogP contribution is -2.16. The largest absolute Gasteiger partial charge is 0.469 e. The zero-order valence-corrected chi connectivity index (χ0v) is 18.2. The summed E-state index contributed by atoms with van der Waals surface area (Å²) >= 11 is 0. The molecule has 0 spiro atoms. The van der Waals surface area contributed by atoms with E-state index in [9.17, 15) is 14.7 Å². The van der Waals surface area contributed by atoms with Gasteiger partial charge in [-0.15, -0.1) is 0 Å². The summed E-state index contributed by atoms with van der Waals surface area (Å²) in [4.78, 5) is 23.6. The van der Waals surface area contributed by atoms with Crippen LogP contribution in [0.2, 0.25) is 0 Å². The molecule has 4 nitrogen and oxygen atoms in total. The van der Waals surface area contributed by atoms with Crippen LogP contribution in [0.25, 0.3) is 0 Å². The maximum Gasteiger partial charge on any atom is 0.305 e. The second kappa shape index (κ2) is 11.5. The van der Waals surface area contributed by atoms with Gasteiger partial charge in [-0.25, -0.2) is 0 Å². The lowest BCUT2D eigenvalue weighted by Gasteiger charge is -2.27. The number of unbranched alkanes of at least 4 members (excludes halogenated alkanes) is 1. The molecule has 1 N–H and O–H groups in total. The Bertz CT molecular complexity index is 715. The minimum atomic E-state index is -0.367. The van der Waals surface area contributed by atoms with Crippen LogP contribution in [0.3, 0.4) is 0 Å². The molecule has 164 valence electrons. The van der Waals surface area contributed by atoms with E-state index in [1.807, 2.05) is 0 Å². The minimum Gasteiger partial charge on any atom is -0.469 e. The van der Waals surface area contributed by atoms with E-state index in [2.05, 4.69) is 41.2 Å². The van der Waals surface area contributed by atoms with E-state index < -0.39 is 0 Å². The number of hydrogen-bond acceptors (Lipinski definition) is 4. The van der Waals surface area contributed by atoms with Crippen LogP contribution in [-0.2, 0) is 14.3 Å². The highest BCUT2D eigenvalue weighted by Gasteiger charge is 2.34. The number of benzene rings is 1. The van der Waals surface area contributed by atoms with E-state index in [-0.39, 0.29) is 23.9 Å². The Morgan fingerprint density at radius 2 is 1.87 bits per heavy atom. The molecule has 2 aliphatic carbocycles. The van der Waals surface area contributed by atoms with Crippen LogP contribution in [0, 0.1) is 11.8 Å². The Morgan fingerprint density at radius 3 is 2.57 bits per heavy atom. The number of rotatable bonds is 9. The number of aliphatic hydroxyl groups excluding tert-OH is 1. The Kier molecular flexibility index (Phi) is 8.68. The van der Waals surface area contributed by atoms with Gasteiger partial charge in [0.15, 0.2) is 0 Å². The molecule has 1 aromatic rings. The summed E-state index contributed by atoms with van der Waals surface area (Å²) in [7, 11) is 1.41. The summed E-state index contributed by atoms with van der Waals surface area (Å²) in [5.41, 5.74) is 2.22. The fourth-order valence-corrected chi connectivity index (χ4v) is 5.09. The number of ether oxygens (including phenoxy) is 1. The summed E-state index contributed by atoms with van der Waals surface area (Å²) in [5, 5.41) is 10.7. The number of allylic oxidation sites excluding steroid dienone is 2. The van der Waals surface area contributed by atoms with Gasteiger partial charge in [-0.1, -0.05) is 55.7 Å². The fraction of sp³-hybridized carbons (Fsp3) is 0.615. The standard InChI is InChI=1S/C26H36O4/c1-30-25(28)12-8-3-2-7-11-23-22(17-18-24(23)27)19-13-15-21(16-14-19)26(29)20-9-5-4-6-10-20/h2,7,13-16,20,22-23,26,29H,3-6,8-12,17-18H2,1H3/t22-,23-,26?/m1/s1. The Hall–Kier alpha value is -1.94. The molecule has 0 bridgehead atoms. The van der Waals surface area contributed by atoms with Gasteiger partial charge in [-0.3, -0.25) is 9.59 Å². The van der Waals surface area contributed by atoms with Crippen molar-refractivity contribution in [2.45, 2.75) is 82.7 Å². The number of carbonyl (C=O) groups is 2. The van der Waals surface area contributed by atoms with Crippen LogP contribution >= 0.6 is 0 Å². The van der Waals surface area contributed by atoms with Gasteiger partial charge < -0.3 is 9.84 Å². The molecule has 2 fully saturated rings. The van der Waals surface area contributed by atoms with Crippen LogP contribution < -0.4 is 0 Å². The number of aliphatic hydroxyl groups is 1. The first kappa shape index (κ1) is 22.7. The summed E-state index contributed by atoms with van der Waals surface area (Å²) in [6.45, 7) is 0. The molecule has 3 rings (SSSR count). The molecule has 4 heteroatoms. The van der Waals surface area contributed by atoms with Gasteiger partial charge in [0.2, 0.25) is 0 Å². The van der Waals surface area contributed by atoms with Crippen LogP contribution in [0.4, 0.5) is 0 Å². The van der Waals surface area contributed by atoms with Crippen molar-refractivity contribution in [2.24, 2.45) is 11.8 Å². The van der Waals surface area contributed by atoms with Crippen molar-refractivity contribution in [3.8, 4) is 0 Å². The Balaban J connectivity index is 1.54. The SMILES string of the molecule is COC(=O)CCCC=CC[C@H]1C(=O)CC[C@@H]1c1ccc(C(O)C2CCCCC2)cc1. The first-order chi connectivity index (χ1) is 14.6. The number of ketones is 1. The molecule has 0 aliphatic heterocycles. The van der Waals surface area contributed by atoms with Crippen LogP contribution in [0.5, 0.6) is 0 Å². The highest BCUT2D eigenvalue weighted by Crippen LogP contribution is 2.40. The average Bonchev–Trinajstić information content (AvgIpc) is 3.16. The first-order valence-electron chi connectivity index (χ1n) is 11.6. The maximum absolute atomic E-state index is 12.5. The molecular weight excluding hydrogens is 376 g/mol. The maximum atomic E-state index is 12.5. The molecule has 3 atom stereocenters. The van der Waals surface area contributed by atoms with E-state index in [0.717, 1.165) is 44.1 Å². The molecule has 1 aromatic carbocycles. The molecule has 30 heavy (non-hydrogen) atoms. The molecule has 0 aromatic heterocycles. The fourth-order valence-electron chi connectivity index (χ4n) is 5.09. The van der Waals surface area contributed by atoms with Gasteiger partial charge in [0.05, 0.1) is 13.2 Å². The van der Waals surface area contributed by atoms with Crippen LogP contribution in [-0.4, -0.2) is 24.0 Å². The monoisotopic (exact) mass is 412 g/mol. The quantitative estimate of drug-likeness (QED) is 0.323. The Morgan fingerprint density at radius 1 is 1.13 bits per heavy atom. The second-order valence-electron chi connectivity index (χ2n) is 8.90. The van der Waals surface area contributed by atoms with Gasteiger partial charge in [-0.05, 0) is 61.5 Å². The van der Waals surface area contributed by atoms with Gasteiger partial charge in [-0.2, -0.15) is 0 Å². The lowest BCUT2D eigenvalue weighted by atomic mass is 9.81. The molecule has 0 amide bonds. The highest BCUT2D eigenvalue weighted by atomic mass is 16.5. The summed E-state index contributed by atoms with van der Waals surface area (Å²) in [6, 6.07) is 8.38. The Labute approximate surface area is 180 Å². The van der Waals surface area contributed by atoms with Crippen LogP contribution in [0.15, 0.2) is 36.4 Å². The van der Waals surface area contributed by atoms with E-state index in [1.54, 1.807) is 0 Å². The smallest absolute Gasteiger partial charge is 0.305 e.